The molecule has 0 saturated carbocycles. The van der Waals surface area contributed by atoms with Gasteiger partial charge in [-0.15, -0.1) is 0 Å². The largest absolute Gasteiger partial charge is 0.493 e. The lowest BCUT2D eigenvalue weighted by Gasteiger charge is -2.09. The molecule has 1 aliphatic rings. The zero-order valence-electron chi connectivity index (χ0n) is 11.1. The van der Waals surface area contributed by atoms with Gasteiger partial charge in [0.1, 0.15) is 11.4 Å². The van der Waals surface area contributed by atoms with Crippen LogP contribution in [0, 0.1) is 0 Å². The predicted octanol–water partition coefficient (Wildman–Crippen LogP) is 1.24. The average molecular weight is 284 g/mol. The van der Waals surface area contributed by atoms with Gasteiger partial charge in [-0.1, -0.05) is 0 Å². The summed E-state index contributed by atoms with van der Waals surface area (Å²) in [5, 5.41) is 7.24. The van der Waals surface area contributed by atoms with Crippen molar-refractivity contribution < 1.29 is 18.9 Å². The molecule has 0 unspecified atom stereocenters. The number of methoxy groups -OCH3 is 2. The molecule has 1 aromatic carbocycles. The molecule has 2 heterocycles. The lowest BCUT2D eigenvalue weighted by molar-refractivity contribution is 0.103. The second kappa shape index (κ2) is 3.98. The van der Waals surface area contributed by atoms with E-state index in [1.165, 1.54) is 14.2 Å². The number of carbonyl (C=O) groups is 1. The van der Waals surface area contributed by atoms with Crippen molar-refractivity contribution in [1.82, 2.24) is 20.3 Å². The number of aromatic nitrogens is 4. The van der Waals surface area contributed by atoms with E-state index in [0.717, 1.165) is 0 Å². The first-order valence-corrected chi connectivity index (χ1v) is 6.04. The number of benzene rings is 1. The lowest BCUT2D eigenvalue weighted by Crippen LogP contribution is -2.00. The topological polar surface area (TPSA) is 100 Å². The Balaban J connectivity index is 2.04. The SMILES string of the molecule is COc1cc2c(cc1OC)-c1nc3nonc3nc1C2=O. The summed E-state index contributed by atoms with van der Waals surface area (Å²) in [4.78, 5) is 20.9. The van der Waals surface area contributed by atoms with Crippen LogP contribution >= 0.6 is 0 Å². The van der Waals surface area contributed by atoms with Crippen LogP contribution in [0.15, 0.2) is 16.8 Å². The van der Waals surface area contributed by atoms with Crippen molar-refractivity contribution in [2.45, 2.75) is 0 Å². The first kappa shape index (κ1) is 11.8. The van der Waals surface area contributed by atoms with Crippen molar-refractivity contribution in [2.75, 3.05) is 14.2 Å². The standard InChI is InChI=1S/C13H8N4O4/c1-19-7-3-5-6(4-8(7)20-2)11(18)10-9(5)14-12-13(15-10)17-21-16-12/h3-4H,1-2H3. The summed E-state index contributed by atoms with van der Waals surface area (Å²) in [6.45, 7) is 0. The molecule has 2 aromatic heterocycles. The summed E-state index contributed by atoms with van der Waals surface area (Å²) in [6.07, 6.45) is 0. The second-order valence-corrected chi connectivity index (χ2v) is 4.41. The molecule has 21 heavy (non-hydrogen) atoms. The molecule has 0 fully saturated rings. The van der Waals surface area contributed by atoms with Gasteiger partial charge in [0.05, 0.1) is 14.2 Å². The normalized spacial score (nSPS) is 12.4. The summed E-state index contributed by atoms with van der Waals surface area (Å²) >= 11 is 0. The predicted molar refractivity (Wildman–Crippen MR) is 69.4 cm³/mol. The first-order chi connectivity index (χ1) is 10.2. The first-order valence-electron chi connectivity index (χ1n) is 6.04. The van der Waals surface area contributed by atoms with E-state index in [1.807, 2.05) is 0 Å². The maximum absolute atomic E-state index is 12.4. The molecule has 0 amide bonds. The minimum Gasteiger partial charge on any atom is -0.493 e. The van der Waals surface area contributed by atoms with Crippen LogP contribution in [0.25, 0.3) is 22.6 Å². The molecule has 4 rings (SSSR count). The number of rotatable bonds is 2. The van der Waals surface area contributed by atoms with E-state index in [4.69, 9.17) is 9.47 Å². The Morgan fingerprint density at radius 2 is 1.48 bits per heavy atom. The smallest absolute Gasteiger partial charge is 0.244 e. The number of ether oxygens (including phenoxy) is 2. The molecule has 0 atom stereocenters. The zero-order valence-corrected chi connectivity index (χ0v) is 11.1. The van der Waals surface area contributed by atoms with Crippen molar-refractivity contribution in [1.29, 1.82) is 0 Å². The van der Waals surface area contributed by atoms with Crippen LogP contribution in [-0.4, -0.2) is 40.3 Å². The summed E-state index contributed by atoms with van der Waals surface area (Å²) < 4.78 is 15.0. The summed E-state index contributed by atoms with van der Waals surface area (Å²) in [6, 6.07) is 3.32. The van der Waals surface area contributed by atoms with Gasteiger partial charge in [0.15, 0.2) is 11.5 Å². The molecular weight excluding hydrogens is 276 g/mol. The fraction of sp³-hybridized carbons (Fsp3) is 0.154. The van der Waals surface area contributed by atoms with Gasteiger partial charge >= 0.3 is 0 Å². The second-order valence-electron chi connectivity index (χ2n) is 4.41. The summed E-state index contributed by atoms with van der Waals surface area (Å²) in [5.41, 5.74) is 2.22. The van der Waals surface area contributed by atoms with Crippen molar-refractivity contribution in [3.63, 3.8) is 0 Å². The highest BCUT2D eigenvalue weighted by atomic mass is 16.6. The molecule has 0 bridgehead atoms. The highest BCUT2D eigenvalue weighted by Gasteiger charge is 2.32. The Morgan fingerprint density at radius 3 is 2.10 bits per heavy atom. The quantitative estimate of drug-likeness (QED) is 0.542. The lowest BCUT2D eigenvalue weighted by atomic mass is 10.1. The van der Waals surface area contributed by atoms with E-state index < -0.39 is 0 Å². The van der Waals surface area contributed by atoms with Crippen molar-refractivity contribution in [2.24, 2.45) is 0 Å². The van der Waals surface area contributed by atoms with Gasteiger partial charge in [-0.2, -0.15) is 0 Å². The van der Waals surface area contributed by atoms with Gasteiger partial charge in [0, 0.05) is 11.1 Å². The fourth-order valence-electron chi connectivity index (χ4n) is 2.37. The molecule has 0 N–H and O–H groups in total. The molecule has 0 aliphatic heterocycles. The molecular formula is C13H8N4O4. The third kappa shape index (κ3) is 1.46. The van der Waals surface area contributed by atoms with Crippen LogP contribution in [0.1, 0.15) is 16.1 Å². The zero-order chi connectivity index (χ0) is 14.6. The van der Waals surface area contributed by atoms with Crippen LogP contribution in [0.5, 0.6) is 11.5 Å². The van der Waals surface area contributed by atoms with Crippen LogP contribution in [-0.2, 0) is 0 Å². The van der Waals surface area contributed by atoms with Gasteiger partial charge in [0.25, 0.3) is 0 Å². The minimum atomic E-state index is -0.238. The Labute approximate surface area is 117 Å². The van der Waals surface area contributed by atoms with E-state index in [0.29, 0.717) is 28.3 Å². The highest BCUT2D eigenvalue weighted by Crippen LogP contribution is 2.41. The number of nitrogens with zero attached hydrogens (tertiary/aromatic N) is 4. The Hall–Kier alpha value is -3.03. The molecule has 0 saturated heterocycles. The number of ketones is 1. The van der Waals surface area contributed by atoms with Gasteiger partial charge in [-0.3, -0.25) is 4.79 Å². The molecule has 104 valence electrons. The molecule has 8 heteroatoms. The molecule has 1 aliphatic carbocycles. The van der Waals surface area contributed by atoms with Crippen molar-refractivity contribution in [3.8, 4) is 22.8 Å². The maximum Gasteiger partial charge on any atom is 0.244 e. The van der Waals surface area contributed by atoms with E-state index >= 15 is 0 Å². The molecule has 3 aromatic rings. The van der Waals surface area contributed by atoms with Crippen LogP contribution < -0.4 is 9.47 Å². The number of carbonyl (C=O) groups excluding carboxylic acids is 1. The number of fused-ring (bicyclic) bond motifs is 4. The monoisotopic (exact) mass is 284 g/mol. The minimum absolute atomic E-state index is 0.203. The van der Waals surface area contributed by atoms with Gasteiger partial charge in [-0.25, -0.2) is 14.6 Å². The fourth-order valence-corrected chi connectivity index (χ4v) is 2.37. The molecule has 8 nitrogen and oxygen atoms in total. The van der Waals surface area contributed by atoms with Crippen molar-refractivity contribution in [3.05, 3.63) is 23.4 Å². The van der Waals surface area contributed by atoms with E-state index in [9.17, 15) is 4.79 Å². The molecule has 0 radical (unpaired) electrons. The van der Waals surface area contributed by atoms with E-state index in [1.54, 1.807) is 12.1 Å². The molecule has 0 spiro atoms. The Morgan fingerprint density at radius 1 is 0.905 bits per heavy atom. The summed E-state index contributed by atoms with van der Waals surface area (Å²) in [5.74, 6) is 0.748. The number of hydrogen-bond donors (Lipinski definition) is 0. The average Bonchev–Trinajstić information content (AvgIpc) is 3.07. The third-order valence-electron chi connectivity index (χ3n) is 3.35. The van der Waals surface area contributed by atoms with E-state index in [-0.39, 0.29) is 22.8 Å². The van der Waals surface area contributed by atoms with Crippen LogP contribution in [0.3, 0.4) is 0 Å². The van der Waals surface area contributed by atoms with Crippen LogP contribution in [0.2, 0.25) is 0 Å². The Bertz CT molecular complexity index is 903. The number of hydrogen-bond acceptors (Lipinski definition) is 8. The van der Waals surface area contributed by atoms with Crippen molar-refractivity contribution >= 4 is 17.1 Å². The Kier molecular flexibility index (Phi) is 2.23. The van der Waals surface area contributed by atoms with Gasteiger partial charge in [0.2, 0.25) is 17.1 Å². The van der Waals surface area contributed by atoms with Gasteiger partial charge in [-0.05, 0) is 22.4 Å². The van der Waals surface area contributed by atoms with E-state index in [2.05, 4.69) is 24.9 Å². The maximum atomic E-state index is 12.4. The van der Waals surface area contributed by atoms with Crippen LogP contribution in [0.4, 0.5) is 0 Å². The van der Waals surface area contributed by atoms with Gasteiger partial charge < -0.3 is 9.47 Å². The summed E-state index contributed by atoms with van der Waals surface area (Å²) in [7, 11) is 3.04. The third-order valence-corrected chi connectivity index (χ3v) is 3.35. The highest BCUT2D eigenvalue weighted by molar-refractivity contribution is 6.20.